The molecule has 1 aliphatic heterocycles. The van der Waals surface area contributed by atoms with Gasteiger partial charge in [-0.05, 0) is 36.2 Å². The van der Waals surface area contributed by atoms with E-state index in [-0.39, 0.29) is 11.3 Å². The topological polar surface area (TPSA) is 71.1 Å². The van der Waals surface area contributed by atoms with E-state index in [0.717, 1.165) is 16.8 Å². The number of hydrogen-bond acceptors (Lipinski definition) is 5. The van der Waals surface area contributed by atoms with Gasteiger partial charge in [-0.25, -0.2) is 4.98 Å². The Labute approximate surface area is 170 Å². The Kier molecular flexibility index (Phi) is 5.54. The maximum Gasteiger partial charge on any atom is 0.573 e. The highest BCUT2D eigenvalue weighted by molar-refractivity contribution is 5.53. The van der Waals surface area contributed by atoms with Gasteiger partial charge in [0.1, 0.15) is 11.6 Å². The molecule has 0 fully saturated rings. The lowest BCUT2D eigenvalue weighted by Crippen LogP contribution is -2.26. The van der Waals surface area contributed by atoms with Crippen LogP contribution in [0.5, 0.6) is 5.75 Å². The van der Waals surface area contributed by atoms with E-state index < -0.39 is 6.36 Å². The van der Waals surface area contributed by atoms with Gasteiger partial charge >= 0.3 is 6.36 Å². The molecule has 3 heterocycles. The quantitative estimate of drug-likeness (QED) is 0.707. The summed E-state index contributed by atoms with van der Waals surface area (Å²) in [7, 11) is 0. The molecule has 1 aliphatic rings. The molecule has 0 aliphatic carbocycles. The van der Waals surface area contributed by atoms with Crippen LogP contribution in [0.3, 0.4) is 0 Å². The van der Waals surface area contributed by atoms with Gasteiger partial charge < -0.3 is 9.72 Å². The predicted molar refractivity (Wildman–Crippen MR) is 104 cm³/mol. The van der Waals surface area contributed by atoms with Crippen LogP contribution in [0.25, 0.3) is 11.4 Å². The van der Waals surface area contributed by atoms with Crippen molar-refractivity contribution >= 4 is 0 Å². The van der Waals surface area contributed by atoms with E-state index in [9.17, 15) is 18.0 Å². The third-order valence-corrected chi connectivity index (χ3v) is 4.94. The van der Waals surface area contributed by atoms with Crippen molar-refractivity contribution in [3.63, 3.8) is 0 Å². The number of rotatable bonds is 4. The van der Waals surface area contributed by atoms with Crippen LogP contribution in [0.2, 0.25) is 0 Å². The molecule has 1 N–H and O–H groups in total. The molecule has 0 atom stereocenters. The minimum atomic E-state index is -4.70. The smallest absolute Gasteiger partial charge is 0.406 e. The largest absolute Gasteiger partial charge is 0.573 e. The zero-order valence-corrected chi connectivity index (χ0v) is 15.9. The number of H-pyrrole nitrogens is 1. The summed E-state index contributed by atoms with van der Waals surface area (Å²) in [6.07, 6.45) is -0.223. The number of aromatic nitrogens is 3. The Bertz CT molecular complexity index is 1070. The van der Waals surface area contributed by atoms with E-state index in [1.807, 2.05) is 6.07 Å². The standard InChI is InChI=1S/C21H19F3N4O2/c22-21(23,24)30-16-5-3-14(4-6-16)13-28-10-7-17-18(8-11-28)26-19(27-20(17)29)15-2-1-9-25-12-15/h1-6,9,12H,7-8,10-11,13H2,(H,26,27,29). The van der Waals surface area contributed by atoms with Crippen LogP contribution < -0.4 is 10.3 Å². The molecule has 30 heavy (non-hydrogen) atoms. The number of alkyl halides is 3. The first kappa shape index (κ1) is 20.1. The number of aromatic amines is 1. The average molecular weight is 416 g/mol. The molecule has 0 saturated heterocycles. The SMILES string of the molecule is O=c1[nH]c(-c2cccnc2)nc2c1CCN(Cc1ccc(OC(F)(F)F)cc1)CC2. The Morgan fingerprint density at radius 1 is 1.10 bits per heavy atom. The average Bonchev–Trinajstić information content (AvgIpc) is 2.92. The van der Waals surface area contributed by atoms with Crippen molar-refractivity contribution in [1.82, 2.24) is 19.9 Å². The summed E-state index contributed by atoms with van der Waals surface area (Å²) in [5.41, 5.74) is 2.93. The van der Waals surface area contributed by atoms with Gasteiger partial charge in [0.2, 0.25) is 0 Å². The maximum absolute atomic E-state index is 12.6. The third kappa shape index (κ3) is 4.85. The Morgan fingerprint density at radius 2 is 1.87 bits per heavy atom. The number of ether oxygens (including phenoxy) is 1. The summed E-state index contributed by atoms with van der Waals surface area (Å²) in [5.74, 6) is 0.258. The van der Waals surface area contributed by atoms with Crippen LogP contribution in [0.15, 0.2) is 53.6 Å². The summed E-state index contributed by atoms with van der Waals surface area (Å²) in [4.78, 5) is 26.3. The summed E-state index contributed by atoms with van der Waals surface area (Å²) in [5, 5.41) is 0. The van der Waals surface area contributed by atoms with E-state index in [0.29, 0.717) is 43.9 Å². The minimum absolute atomic E-state index is 0.144. The van der Waals surface area contributed by atoms with E-state index >= 15 is 0 Å². The molecule has 0 unspecified atom stereocenters. The summed E-state index contributed by atoms with van der Waals surface area (Å²) in [6, 6.07) is 9.47. The van der Waals surface area contributed by atoms with Crippen LogP contribution in [0.4, 0.5) is 13.2 Å². The molecular weight excluding hydrogens is 397 g/mol. The van der Waals surface area contributed by atoms with Crippen LogP contribution in [-0.2, 0) is 19.4 Å². The Hall–Kier alpha value is -3.20. The highest BCUT2D eigenvalue weighted by atomic mass is 19.4. The second-order valence-electron chi connectivity index (χ2n) is 7.05. The van der Waals surface area contributed by atoms with Gasteiger partial charge in [0, 0.05) is 49.6 Å². The molecule has 2 aromatic heterocycles. The van der Waals surface area contributed by atoms with Gasteiger partial charge in [0.05, 0.1) is 5.69 Å². The van der Waals surface area contributed by atoms with E-state index in [4.69, 9.17) is 0 Å². The molecule has 0 radical (unpaired) electrons. The lowest BCUT2D eigenvalue weighted by Gasteiger charge is -2.19. The highest BCUT2D eigenvalue weighted by Gasteiger charge is 2.31. The van der Waals surface area contributed by atoms with Crippen molar-refractivity contribution in [3.8, 4) is 17.1 Å². The predicted octanol–water partition coefficient (Wildman–Crippen LogP) is 3.33. The molecular formula is C21H19F3N4O2. The van der Waals surface area contributed by atoms with Crippen molar-refractivity contribution in [1.29, 1.82) is 0 Å². The number of pyridine rings is 1. The van der Waals surface area contributed by atoms with Gasteiger partial charge in [-0.2, -0.15) is 0 Å². The van der Waals surface area contributed by atoms with Crippen molar-refractivity contribution in [2.45, 2.75) is 25.7 Å². The van der Waals surface area contributed by atoms with Gasteiger partial charge in [-0.15, -0.1) is 13.2 Å². The second-order valence-corrected chi connectivity index (χ2v) is 7.05. The molecule has 4 rings (SSSR count). The summed E-state index contributed by atoms with van der Waals surface area (Å²) in [6.45, 7) is 1.91. The van der Waals surface area contributed by atoms with Gasteiger partial charge in [-0.1, -0.05) is 12.1 Å². The van der Waals surface area contributed by atoms with Crippen LogP contribution in [0, 0.1) is 0 Å². The molecule has 9 heteroatoms. The number of nitrogens with one attached hydrogen (secondary N) is 1. The summed E-state index contributed by atoms with van der Waals surface area (Å²) >= 11 is 0. The number of hydrogen-bond donors (Lipinski definition) is 1. The fraction of sp³-hybridized carbons (Fsp3) is 0.286. The molecule has 3 aromatic rings. The molecule has 156 valence electrons. The fourth-order valence-corrected chi connectivity index (χ4v) is 3.51. The van der Waals surface area contributed by atoms with Crippen molar-refractivity contribution in [2.24, 2.45) is 0 Å². The Morgan fingerprint density at radius 3 is 2.57 bits per heavy atom. The van der Waals surface area contributed by atoms with Crippen LogP contribution >= 0.6 is 0 Å². The van der Waals surface area contributed by atoms with E-state index in [1.54, 1.807) is 30.6 Å². The lowest BCUT2D eigenvalue weighted by atomic mass is 10.1. The second kappa shape index (κ2) is 8.27. The number of fused-ring (bicyclic) bond motifs is 1. The molecule has 0 bridgehead atoms. The number of halogens is 3. The monoisotopic (exact) mass is 416 g/mol. The first-order valence-corrected chi connectivity index (χ1v) is 9.47. The number of benzene rings is 1. The third-order valence-electron chi connectivity index (χ3n) is 4.94. The fourth-order valence-electron chi connectivity index (χ4n) is 3.51. The molecule has 0 spiro atoms. The molecule has 0 amide bonds. The van der Waals surface area contributed by atoms with Gasteiger partial charge in [-0.3, -0.25) is 14.7 Å². The van der Waals surface area contributed by atoms with E-state index in [2.05, 4.69) is 24.6 Å². The minimum Gasteiger partial charge on any atom is -0.406 e. The van der Waals surface area contributed by atoms with Crippen molar-refractivity contribution in [3.05, 3.63) is 76.0 Å². The van der Waals surface area contributed by atoms with Gasteiger partial charge in [0.25, 0.3) is 5.56 Å². The first-order chi connectivity index (χ1) is 14.4. The zero-order valence-electron chi connectivity index (χ0n) is 15.9. The van der Waals surface area contributed by atoms with Crippen LogP contribution in [0.1, 0.15) is 16.8 Å². The molecule has 0 saturated carbocycles. The maximum atomic E-state index is 12.6. The summed E-state index contributed by atoms with van der Waals surface area (Å²) < 4.78 is 40.8. The van der Waals surface area contributed by atoms with Gasteiger partial charge in [0.15, 0.2) is 0 Å². The lowest BCUT2D eigenvalue weighted by molar-refractivity contribution is -0.274. The van der Waals surface area contributed by atoms with Crippen LogP contribution in [-0.4, -0.2) is 39.3 Å². The molecule has 1 aromatic carbocycles. The first-order valence-electron chi connectivity index (χ1n) is 9.47. The molecule has 6 nitrogen and oxygen atoms in total. The normalized spacial score (nSPS) is 14.8. The zero-order chi connectivity index (χ0) is 21.1. The van der Waals surface area contributed by atoms with E-state index in [1.165, 1.54) is 12.1 Å². The Balaban J connectivity index is 1.45. The highest BCUT2D eigenvalue weighted by Crippen LogP contribution is 2.23. The van der Waals surface area contributed by atoms with Crippen molar-refractivity contribution in [2.75, 3.05) is 13.1 Å². The number of nitrogens with zero attached hydrogens (tertiary/aromatic N) is 3. The van der Waals surface area contributed by atoms with Crippen molar-refractivity contribution < 1.29 is 17.9 Å².